The number of anilines is 1. The molecule has 0 aliphatic heterocycles. The number of amides is 1. The van der Waals surface area contributed by atoms with Gasteiger partial charge in [-0.2, -0.15) is 0 Å². The molecule has 1 amide bonds. The summed E-state index contributed by atoms with van der Waals surface area (Å²) in [7, 11) is 0. The lowest BCUT2D eigenvalue weighted by Crippen LogP contribution is -2.34. The molecule has 1 saturated carbocycles. The maximum Gasteiger partial charge on any atom is 0.293 e. The molecular formula is C14H19N3O3. The van der Waals surface area contributed by atoms with Crippen LogP contribution in [0.2, 0.25) is 0 Å². The standard InChI is InChI=1S/C14H19N3O3/c1-3-15-12-7-6-11(8-13(12)17(19)20)14(18)16-9(2)10-4-5-10/h6-10,15H,3-5H2,1-2H3,(H,16,18). The average Bonchev–Trinajstić information content (AvgIpc) is 3.23. The molecule has 20 heavy (non-hydrogen) atoms. The minimum absolute atomic E-state index is 0.0708. The number of nitrogens with one attached hydrogen (secondary N) is 2. The molecule has 6 heteroatoms. The number of nitro groups is 1. The highest BCUT2D eigenvalue weighted by molar-refractivity contribution is 5.95. The molecule has 1 aromatic rings. The number of benzene rings is 1. The van der Waals surface area contributed by atoms with Crippen molar-refractivity contribution in [3.05, 3.63) is 33.9 Å². The molecule has 0 heterocycles. The molecule has 0 spiro atoms. The highest BCUT2D eigenvalue weighted by Crippen LogP contribution is 2.32. The number of carbonyl (C=O) groups excluding carboxylic acids is 1. The largest absolute Gasteiger partial charge is 0.380 e. The number of nitrogens with zero attached hydrogens (tertiary/aromatic N) is 1. The van der Waals surface area contributed by atoms with Gasteiger partial charge >= 0.3 is 0 Å². The van der Waals surface area contributed by atoms with Crippen LogP contribution in [0.3, 0.4) is 0 Å². The predicted molar refractivity (Wildman–Crippen MR) is 76.9 cm³/mol. The van der Waals surface area contributed by atoms with Crippen LogP contribution in [0.5, 0.6) is 0 Å². The minimum atomic E-state index is -0.473. The smallest absolute Gasteiger partial charge is 0.293 e. The Morgan fingerprint density at radius 3 is 2.75 bits per heavy atom. The van der Waals surface area contributed by atoms with Crippen LogP contribution in [-0.2, 0) is 0 Å². The van der Waals surface area contributed by atoms with Gasteiger partial charge in [-0.15, -0.1) is 0 Å². The van der Waals surface area contributed by atoms with E-state index in [0.29, 0.717) is 23.7 Å². The van der Waals surface area contributed by atoms with Crippen molar-refractivity contribution in [1.82, 2.24) is 5.32 Å². The fraction of sp³-hybridized carbons (Fsp3) is 0.500. The molecule has 1 aromatic carbocycles. The van der Waals surface area contributed by atoms with Gasteiger partial charge in [0.15, 0.2) is 0 Å². The first kappa shape index (κ1) is 14.3. The minimum Gasteiger partial charge on any atom is -0.380 e. The summed E-state index contributed by atoms with van der Waals surface area (Å²) < 4.78 is 0. The SMILES string of the molecule is CCNc1ccc(C(=O)NC(C)C2CC2)cc1[N+](=O)[O-]. The normalized spacial score (nSPS) is 15.5. The number of hydrogen-bond acceptors (Lipinski definition) is 4. The Kier molecular flexibility index (Phi) is 4.22. The van der Waals surface area contributed by atoms with Gasteiger partial charge in [0.05, 0.1) is 4.92 Å². The molecule has 1 unspecified atom stereocenters. The molecule has 1 atom stereocenters. The predicted octanol–water partition coefficient (Wildman–Crippen LogP) is 2.55. The molecule has 2 N–H and O–H groups in total. The number of nitro benzene ring substituents is 1. The second-order valence-electron chi connectivity index (χ2n) is 5.12. The van der Waals surface area contributed by atoms with E-state index < -0.39 is 4.92 Å². The first-order chi connectivity index (χ1) is 9.52. The van der Waals surface area contributed by atoms with Gasteiger partial charge in [-0.3, -0.25) is 14.9 Å². The Balaban J connectivity index is 2.16. The van der Waals surface area contributed by atoms with Crippen molar-refractivity contribution in [3.8, 4) is 0 Å². The molecule has 1 aliphatic rings. The van der Waals surface area contributed by atoms with E-state index in [0.717, 1.165) is 12.8 Å². The lowest BCUT2D eigenvalue weighted by Gasteiger charge is -2.13. The van der Waals surface area contributed by atoms with Gasteiger partial charge < -0.3 is 10.6 Å². The summed E-state index contributed by atoms with van der Waals surface area (Å²) >= 11 is 0. The number of hydrogen-bond donors (Lipinski definition) is 2. The van der Waals surface area contributed by atoms with E-state index in [2.05, 4.69) is 10.6 Å². The molecule has 6 nitrogen and oxygen atoms in total. The second-order valence-corrected chi connectivity index (χ2v) is 5.12. The maximum absolute atomic E-state index is 12.1. The molecule has 2 rings (SSSR count). The van der Waals surface area contributed by atoms with Gasteiger partial charge in [0.25, 0.3) is 11.6 Å². The van der Waals surface area contributed by atoms with Gasteiger partial charge in [-0.1, -0.05) is 0 Å². The van der Waals surface area contributed by atoms with E-state index in [1.165, 1.54) is 6.07 Å². The highest BCUT2D eigenvalue weighted by atomic mass is 16.6. The zero-order valence-corrected chi connectivity index (χ0v) is 11.7. The zero-order valence-electron chi connectivity index (χ0n) is 11.7. The Hall–Kier alpha value is -2.11. The van der Waals surface area contributed by atoms with Crippen LogP contribution in [0.1, 0.15) is 37.0 Å². The zero-order chi connectivity index (χ0) is 14.7. The summed E-state index contributed by atoms with van der Waals surface area (Å²) in [6.07, 6.45) is 2.28. The summed E-state index contributed by atoms with van der Waals surface area (Å²) in [5.74, 6) is 0.297. The quantitative estimate of drug-likeness (QED) is 0.618. The maximum atomic E-state index is 12.1. The molecule has 108 valence electrons. The van der Waals surface area contributed by atoms with E-state index in [1.807, 2.05) is 13.8 Å². The number of rotatable bonds is 6. The Morgan fingerprint density at radius 2 is 2.20 bits per heavy atom. The Labute approximate surface area is 117 Å². The van der Waals surface area contributed by atoms with E-state index >= 15 is 0 Å². The summed E-state index contributed by atoms with van der Waals surface area (Å²) in [5.41, 5.74) is 0.689. The fourth-order valence-corrected chi connectivity index (χ4v) is 2.17. The van der Waals surface area contributed by atoms with Crippen molar-refractivity contribution in [2.75, 3.05) is 11.9 Å². The molecule has 0 bridgehead atoms. The van der Waals surface area contributed by atoms with Crippen molar-refractivity contribution in [1.29, 1.82) is 0 Å². The van der Waals surface area contributed by atoms with Crippen LogP contribution >= 0.6 is 0 Å². The molecule has 1 fully saturated rings. The van der Waals surface area contributed by atoms with Crippen LogP contribution in [-0.4, -0.2) is 23.4 Å². The van der Waals surface area contributed by atoms with Crippen LogP contribution in [0, 0.1) is 16.0 Å². The third kappa shape index (κ3) is 3.26. The van der Waals surface area contributed by atoms with Crippen molar-refractivity contribution < 1.29 is 9.72 Å². The lowest BCUT2D eigenvalue weighted by atomic mass is 10.1. The van der Waals surface area contributed by atoms with E-state index in [1.54, 1.807) is 12.1 Å². The first-order valence-corrected chi connectivity index (χ1v) is 6.86. The van der Waals surface area contributed by atoms with Crippen LogP contribution in [0.25, 0.3) is 0 Å². The summed E-state index contributed by atoms with van der Waals surface area (Å²) in [5, 5.41) is 16.9. The summed E-state index contributed by atoms with van der Waals surface area (Å²) in [6, 6.07) is 4.64. The highest BCUT2D eigenvalue weighted by Gasteiger charge is 2.29. The lowest BCUT2D eigenvalue weighted by molar-refractivity contribution is -0.384. The van der Waals surface area contributed by atoms with Crippen molar-refractivity contribution in [2.45, 2.75) is 32.7 Å². The summed E-state index contributed by atoms with van der Waals surface area (Å²) in [6.45, 7) is 4.42. The van der Waals surface area contributed by atoms with E-state index in [-0.39, 0.29) is 17.6 Å². The van der Waals surface area contributed by atoms with Gasteiger partial charge in [0, 0.05) is 24.2 Å². The molecule has 0 saturated heterocycles. The van der Waals surface area contributed by atoms with Gasteiger partial charge in [0.1, 0.15) is 5.69 Å². The monoisotopic (exact) mass is 277 g/mol. The molecule has 1 aliphatic carbocycles. The Bertz CT molecular complexity index is 526. The van der Waals surface area contributed by atoms with Gasteiger partial charge in [0.2, 0.25) is 0 Å². The van der Waals surface area contributed by atoms with Crippen LogP contribution < -0.4 is 10.6 Å². The Morgan fingerprint density at radius 1 is 1.50 bits per heavy atom. The molecular weight excluding hydrogens is 258 g/mol. The molecule has 0 radical (unpaired) electrons. The van der Waals surface area contributed by atoms with Crippen LogP contribution in [0.4, 0.5) is 11.4 Å². The topological polar surface area (TPSA) is 84.3 Å². The molecule has 0 aromatic heterocycles. The summed E-state index contributed by atoms with van der Waals surface area (Å²) in [4.78, 5) is 22.6. The van der Waals surface area contributed by atoms with Gasteiger partial charge in [-0.25, -0.2) is 0 Å². The van der Waals surface area contributed by atoms with Crippen LogP contribution in [0.15, 0.2) is 18.2 Å². The van der Waals surface area contributed by atoms with E-state index in [9.17, 15) is 14.9 Å². The third-order valence-electron chi connectivity index (χ3n) is 3.51. The average molecular weight is 277 g/mol. The number of carbonyl (C=O) groups is 1. The van der Waals surface area contributed by atoms with Crippen molar-refractivity contribution in [2.24, 2.45) is 5.92 Å². The first-order valence-electron chi connectivity index (χ1n) is 6.86. The van der Waals surface area contributed by atoms with Gasteiger partial charge in [-0.05, 0) is 44.7 Å². The van der Waals surface area contributed by atoms with E-state index in [4.69, 9.17) is 0 Å². The fourth-order valence-electron chi connectivity index (χ4n) is 2.17. The van der Waals surface area contributed by atoms with Crippen molar-refractivity contribution in [3.63, 3.8) is 0 Å². The van der Waals surface area contributed by atoms with Crippen molar-refractivity contribution >= 4 is 17.3 Å². The second kappa shape index (κ2) is 5.90. The third-order valence-corrected chi connectivity index (χ3v) is 3.51.